The Labute approximate surface area is 158 Å². The first-order valence-corrected chi connectivity index (χ1v) is 12.0. The van der Waals surface area contributed by atoms with E-state index in [-0.39, 0.29) is 11.5 Å². The van der Waals surface area contributed by atoms with Crippen LogP contribution in [0.2, 0.25) is 0 Å². The van der Waals surface area contributed by atoms with Gasteiger partial charge in [-0.2, -0.15) is 33.9 Å². The molecule has 0 amide bonds. The van der Waals surface area contributed by atoms with Gasteiger partial charge in [-0.1, -0.05) is 12.8 Å². The standard InChI is InChI=1S/C17H26N4O3S2/c22-17-9-15-13-25-8-5-16(15)18-21(17)12-14-10-20(11-14)26(23,24)19-6-3-1-2-4-7-19/h9,14H,1-8,10-13H2. The molecule has 2 fully saturated rings. The van der Waals surface area contributed by atoms with Crippen LogP contribution >= 0.6 is 11.8 Å². The van der Waals surface area contributed by atoms with Gasteiger partial charge in [0, 0.05) is 50.3 Å². The van der Waals surface area contributed by atoms with Crippen LogP contribution in [0, 0.1) is 5.92 Å². The Morgan fingerprint density at radius 1 is 1.12 bits per heavy atom. The van der Waals surface area contributed by atoms with Crippen molar-refractivity contribution in [1.29, 1.82) is 0 Å². The smallest absolute Gasteiger partial charge is 0.268 e. The number of fused-ring (bicyclic) bond motifs is 1. The van der Waals surface area contributed by atoms with Crippen LogP contribution in [-0.2, 0) is 28.9 Å². The second-order valence-electron chi connectivity index (χ2n) is 7.44. The fourth-order valence-electron chi connectivity index (χ4n) is 3.89. The molecule has 3 aliphatic heterocycles. The van der Waals surface area contributed by atoms with E-state index in [1.807, 2.05) is 11.8 Å². The number of hydrogen-bond acceptors (Lipinski definition) is 5. The summed E-state index contributed by atoms with van der Waals surface area (Å²) in [6.07, 6.45) is 5.02. The zero-order valence-corrected chi connectivity index (χ0v) is 16.6. The Morgan fingerprint density at radius 2 is 1.85 bits per heavy atom. The van der Waals surface area contributed by atoms with E-state index in [1.54, 1.807) is 14.7 Å². The summed E-state index contributed by atoms with van der Waals surface area (Å²) in [6.45, 7) is 2.74. The van der Waals surface area contributed by atoms with Crippen molar-refractivity contribution >= 4 is 22.0 Å². The minimum atomic E-state index is -3.34. The average Bonchev–Trinajstić information content (AvgIpc) is 2.87. The van der Waals surface area contributed by atoms with Gasteiger partial charge >= 0.3 is 0 Å². The van der Waals surface area contributed by atoms with E-state index in [1.165, 1.54) is 4.68 Å². The van der Waals surface area contributed by atoms with Crippen LogP contribution in [0.25, 0.3) is 0 Å². The molecule has 7 nitrogen and oxygen atoms in total. The van der Waals surface area contributed by atoms with E-state index in [2.05, 4.69) is 5.10 Å². The minimum Gasteiger partial charge on any atom is -0.268 e. The van der Waals surface area contributed by atoms with Crippen molar-refractivity contribution in [2.75, 3.05) is 31.9 Å². The van der Waals surface area contributed by atoms with E-state index >= 15 is 0 Å². The van der Waals surface area contributed by atoms with Gasteiger partial charge < -0.3 is 0 Å². The predicted octanol–water partition coefficient (Wildman–Crippen LogP) is 1.09. The fourth-order valence-corrected chi connectivity index (χ4v) is 6.69. The topological polar surface area (TPSA) is 75.5 Å². The predicted molar refractivity (Wildman–Crippen MR) is 102 cm³/mol. The number of aryl methyl sites for hydroxylation is 1. The van der Waals surface area contributed by atoms with E-state index in [4.69, 9.17) is 0 Å². The molecule has 4 rings (SSSR count). The monoisotopic (exact) mass is 398 g/mol. The molecule has 2 saturated heterocycles. The SMILES string of the molecule is O=c1cc2c(nn1CC1CN(S(=O)(=O)N3CCCCCC3)C1)CCSC2. The van der Waals surface area contributed by atoms with Crippen molar-refractivity contribution in [3.05, 3.63) is 27.7 Å². The van der Waals surface area contributed by atoms with Crippen LogP contribution < -0.4 is 5.56 Å². The molecule has 26 heavy (non-hydrogen) atoms. The summed E-state index contributed by atoms with van der Waals surface area (Å²) in [7, 11) is -3.34. The molecule has 144 valence electrons. The summed E-state index contributed by atoms with van der Waals surface area (Å²) in [6, 6.07) is 1.71. The lowest BCUT2D eigenvalue weighted by atomic mass is 10.0. The van der Waals surface area contributed by atoms with Gasteiger partial charge in [0.1, 0.15) is 0 Å². The van der Waals surface area contributed by atoms with Gasteiger partial charge in [-0.05, 0) is 24.2 Å². The van der Waals surface area contributed by atoms with Crippen molar-refractivity contribution < 1.29 is 8.42 Å². The maximum Gasteiger partial charge on any atom is 0.281 e. The van der Waals surface area contributed by atoms with Gasteiger partial charge in [-0.3, -0.25) is 4.79 Å². The Kier molecular flexibility index (Phi) is 5.41. The third-order valence-corrected chi connectivity index (χ3v) is 8.45. The normalized spacial score (nSPS) is 23.2. The summed E-state index contributed by atoms with van der Waals surface area (Å²) in [5, 5.41) is 4.54. The van der Waals surface area contributed by atoms with Gasteiger partial charge in [0.25, 0.3) is 15.8 Å². The van der Waals surface area contributed by atoms with Crippen LogP contribution in [0.5, 0.6) is 0 Å². The van der Waals surface area contributed by atoms with E-state index in [0.29, 0.717) is 32.7 Å². The molecular weight excluding hydrogens is 372 g/mol. The lowest BCUT2D eigenvalue weighted by Crippen LogP contribution is -2.56. The molecule has 1 aromatic rings. The largest absolute Gasteiger partial charge is 0.281 e. The first-order chi connectivity index (χ1) is 12.5. The first kappa shape index (κ1) is 18.5. The van der Waals surface area contributed by atoms with E-state index < -0.39 is 10.2 Å². The highest BCUT2D eigenvalue weighted by atomic mass is 32.2. The van der Waals surface area contributed by atoms with Crippen molar-refractivity contribution in [2.24, 2.45) is 5.92 Å². The summed E-state index contributed by atoms with van der Waals surface area (Å²) in [4.78, 5) is 12.3. The molecule has 1 aromatic heterocycles. The molecular formula is C17H26N4O3S2. The van der Waals surface area contributed by atoms with Crippen molar-refractivity contribution in [3.63, 3.8) is 0 Å². The second kappa shape index (κ2) is 7.61. The summed E-state index contributed by atoms with van der Waals surface area (Å²) >= 11 is 1.83. The Hall–Kier alpha value is -0.900. The quantitative estimate of drug-likeness (QED) is 0.759. The van der Waals surface area contributed by atoms with E-state index in [0.717, 1.165) is 54.9 Å². The number of thioether (sulfide) groups is 1. The number of rotatable bonds is 4. The Bertz CT molecular complexity index is 810. The highest BCUT2D eigenvalue weighted by molar-refractivity contribution is 7.98. The number of nitrogens with zero attached hydrogens (tertiary/aromatic N) is 4. The lowest BCUT2D eigenvalue weighted by molar-refractivity contribution is 0.160. The lowest BCUT2D eigenvalue weighted by Gasteiger charge is -2.40. The highest BCUT2D eigenvalue weighted by Crippen LogP contribution is 2.26. The summed E-state index contributed by atoms with van der Waals surface area (Å²) in [5.41, 5.74) is 2.01. The molecule has 3 aliphatic rings. The second-order valence-corrected chi connectivity index (χ2v) is 10.5. The molecule has 9 heteroatoms. The van der Waals surface area contributed by atoms with Crippen molar-refractivity contribution in [1.82, 2.24) is 18.4 Å². The molecule has 0 unspecified atom stereocenters. The minimum absolute atomic E-state index is 0.0694. The van der Waals surface area contributed by atoms with Gasteiger partial charge in [0.05, 0.1) is 12.2 Å². The summed E-state index contributed by atoms with van der Waals surface area (Å²) in [5.74, 6) is 2.07. The molecule has 0 saturated carbocycles. The van der Waals surface area contributed by atoms with Gasteiger partial charge in [-0.25, -0.2) is 4.68 Å². The van der Waals surface area contributed by atoms with Crippen LogP contribution in [0.15, 0.2) is 10.9 Å². The van der Waals surface area contributed by atoms with Gasteiger partial charge in [0.2, 0.25) is 0 Å². The van der Waals surface area contributed by atoms with Crippen LogP contribution in [-0.4, -0.2) is 58.7 Å². The number of aromatic nitrogens is 2. The van der Waals surface area contributed by atoms with Gasteiger partial charge in [0.15, 0.2) is 0 Å². The third-order valence-electron chi connectivity index (χ3n) is 5.48. The van der Waals surface area contributed by atoms with Crippen LogP contribution in [0.3, 0.4) is 0 Å². The van der Waals surface area contributed by atoms with E-state index in [9.17, 15) is 13.2 Å². The van der Waals surface area contributed by atoms with Crippen LogP contribution in [0.4, 0.5) is 0 Å². The van der Waals surface area contributed by atoms with Crippen LogP contribution in [0.1, 0.15) is 36.9 Å². The fraction of sp³-hybridized carbons (Fsp3) is 0.765. The molecule has 0 radical (unpaired) electrons. The molecule has 0 aliphatic carbocycles. The van der Waals surface area contributed by atoms with Crippen molar-refractivity contribution in [2.45, 2.75) is 44.4 Å². The maximum atomic E-state index is 12.7. The van der Waals surface area contributed by atoms with Gasteiger partial charge in [-0.15, -0.1) is 0 Å². The summed E-state index contributed by atoms with van der Waals surface area (Å²) < 4.78 is 30.2. The average molecular weight is 399 g/mol. The molecule has 4 heterocycles. The zero-order valence-electron chi connectivity index (χ0n) is 15.0. The third kappa shape index (κ3) is 3.72. The number of hydrogen-bond donors (Lipinski definition) is 0. The Balaban J connectivity index is 1.38. The molecule has 0 spiro atoms. The zero-order chi connectivity index (χ0) is 18.1. The molecule has 0 aromatic carbocycles. The Morgan fingerprint density at radius 3 is 2.58 bits per heavy atom. The van der Waals surface area contributed by atoms with Crippen molar-refractivity contribution in [3.8, 4) is 0 Å². The highest BCUT2D eigenvalue weighted by Gasteiger charge is 2.39. The first-order valence-electron chi connectivity index (χ1n) is 9.47. The maximum absolute atomic E-state index is 12.7. The molecule has 0 bridgehead atoms. The molecule has 0 N–H and O–H groups in total. The molecule has 0 atom stereocenters.